The Labute approximate surface area is 123 Å². The lowest BCUT2D eigenvalue weighted by atomic mass is 9.98. The third-order valence-electron chi connectivity index (χ3n) is 4.77. The Morgan fingerprint density at radius 3 is 2.35 bits per heavy atom. The van der Waals surface area contributed by atoms with E-state index in [4.69, 9.17) is 0 Å². The molecular weight excluding hydrogens is 246 g/mol. The Morgan fingerprint density at radius 2 is 1.80 bits per heavy atom. The van der Waals surface area contributed by atoms with E-state index in [1.165, 1.54) is 24.8 Å². The summed E-state index contributed by atoms with van der Waals surface area (Å²) in [5.74, 6) is 2.18. The first-order valence-electron chi connectivity index (χ1n) is 8.06. The molecule has 0 radical (unpaired) electrons. The maximum atomic E-state index is 10.2. The average Bonchev–Trinajstić information content (AvgIpc) is 2.84. The maximum Gasteiger partial charge on any atom is 0.0914 e. The monoisotopic (exact) mass is 275 g/mol. The van der Waals surface area contributed by atoms with Gasteiger partial charge < -0.3 is 10.4 Å². The molecule has 0 aromatic heterocycles. The molecule has 20 heavy (non-hydrogen) atoms. The lowest BCUT2D eigenvalue weighted by molar-refractivity contribution is 0.171. The number of hydrogen-bond donors (Lipinski definition) is 2. The Bertz CT molecular complexity index is 398. The van der Waals surface area contributed by atoms with E-state index in [1.54, 1.807) is 0 Å². The van der Waals surface area contributed by atoms with Gasteiger partial charge in [-0.05, 0) is 41.8 Å². The summed E-state index contributed by atoms with van der Waals surface area (Å²) in [6.07, 6.45) is 3.68. The van der Waals surface area contributed by atoms with Gasteiger partial charge in [0.2, 0.25) is 0 Å². The lowest BCUT2D eigenvalue weighted by Crippen LogP contribution is -2.28. The molecule has 0 saturated heterocycles. The summed E-state index contributed by atoms with van der Waals surface area (Å²) in [5.41, 5.74) is 2.34. The number of hydrogen-bond acceptors (Lipinski definition) is 2. The fraction of sp³-hybridized carbons (Fsp3) is 0.667. The van der Waals surface area contributed by atoms with Crippen molar-refractivity contribution in [2.24, 2.45) is 11.8 Å². The van der Waals surface area contributed by atoms with Crippen LogP contribution in [0.5, 0.6) is 0 Å². The van der Waals surface area contributed by atoms with E-state index in [0.717, 1.165) is 23.9 Å². The molecule has 1 aromatic carbocycles. The third kappa shape index (κ3) is 4.07. The quantitative estimate of drug-likeness (QED) is 0.826. The van der Waals surface area contributed by atoms with Crippen LogP contribution >= 0.6 is 0 Å². The summed E-state index contributed by atoms with van der Waals surface area (Å²) in [6, 6.07) is 8.37. The average molecular weight is 275 g/mol. The van der Waals surface area contributed by atoms with Crippen LogP contribution in [0.15, 0.2) is 24.3 Å². The molecule has 0 aliphatic heterocycles. The van der Waals surface area contributed by atoms with Crippen molar-refractivity contribution in [3.05, 3.63) is 35.4 Å². The molecule has 1 saturated carbocycles. The van der Waals surface area contributed by atoms with Crippen molar-refractivity contribution in [2.45, 2.75) is 52.1 Å². The van der Waals surface area contributed by atoms with E-state index in [2.05, 4.69) is 50.4 Å². The van der Waals surface area contributed by atoms with Crippen LogP contribution in [0.2, 0.25) is 0 Å². The fourth-order valence-corrected chi connectivity index (χ4v) is 3.15. The van der Waals surface area contributed by atoms with Gasteiger partial charge in [0.25, 0.3) is 0 Å². The van der Waals surface area contributed by atoms with E-state index >= 15 is 0 Å². The van der Waals surface area contributed by atoms with Crippen molar-refractivity contribution in [3.8, 4) is 0 Å². The van der Waals surface area contributed by atoms with Crippen LogP contribution in [0.4, 0.5) is 0 Å². The van der Waals surface area contributed by atoms with Crippen LogP contribution in [0, 0.1) is 11.8 Å². The minimum absolute atomic E-state index is 0.395. The topological polar surface area (TPSA) is 32.3 Å². The summed E-state index contributed by atoms with van der Waals surface area (Å²) >= 11 is 0. The number of nitrogens with one attached hydrogen (secondary N) is 1. The van der Waals surface area contributed by atoms with Gasteiger partial charge in [0.05, 0.1) is 6.10 Å². The standard InChI is InChI=1S/C18H29NO/c1-13(2)15-7-9-16(10-8-15)18(20)12-19-11-17-6-4-5-14(17)3/h7-10,13-14,17-20H,4-6,11-12H2,1-3H3. The van der Waals surface area contributed by atoms with Gasteiger partial charge in [-0.2, -0.15) is 0 Å². The molecule has 1 aromatic rings. The SMILES string of the molecule is CC(C)c1ccc(C(O)CNCC2CCCC2C)cc1. The van der Waals surface area contributed by atoms with Crippen molar-refractivity contribution in [3.63, 3.8) is 0 Å². The predicted molar refractivity (Wildman–Crippen MR) is 84.9 cm³/mol. The van der Waals surface area contributed by atoms with Gasteiger partial charge in [-0.3, -0.25) is 0 Å². The molecule has 0 amide bonds. The number of rotatable bonds is 6. The maximum absolute atomic E-state index is 10.2. The van der Waals surface area contributed by atoms with Gasteiger partial charge in [-0.25, -0.2) is 0 Å². The minimum atomic E-state index is -0.395. The van der Waals surface area contributed by atoms with Crippen LogP contribution < -0.4 is 5.32 Å². The normalized spacial score (nSPS) is 24.2. The molecule has 0 heterocycles. The molecular formula is C18H29NO. The highest BCUT2D eigenvalue weighted by atomic mass is 16.3. The van der Waals surface area contributed by atoms with Gasteiger partial charge in [0, 0.05) is 6.54 Å². The van der Waals surface area contributed by atoms with E-state index < -0.39 is 6.10 Å². The molecule has 0 bridgehead atoms. The third-order valence-corrected chi connectivity index (χ3v) is 4.77. The van der Waals surface area contributed by atoms with Gasteiger partial charge in [0.1, 0.15) is 0 Å². The van der Waals surface area contributed by atoms with Crippen molar-refractivity contribution in [2.75, 3.05) is 13.1 Å². The van der Waals surface area contributed by atoms with Crippen molar-refractivity contribution in [1.82, 2.24) is 5.32 Å². The Morgan fingerprint density at radius 1 is 1.15 bits per heavy atom. The van der Waals surface area contributed by atoms with Crippen LogP contribution in [0.1, 0.15) is 63.2 Å². The molecule has 2 rings (SSSR count). The van der Waals surface area contributed by atoms with Crippen LogP contribution in [0.25, 0.3) is 0 Å². The summed E-state index contributed by atoms with van der Waals surface area (Å²) < 4.78 is 0. The van der Waals surface area contributed by atoms with E-state index in [0.29, 0.717) is 12.5 Å². The van der Waals surface area contributed by atoms with Crippen LogP contribution in [-0.2, 0) is 0 Å². The number of benzene rings is 1. The van der Waals surface area contributed by atoms with E-state index in [9.17, 15) is 5.11 Å². The van der Waals surface area contributed by atoms with Crippen molar-refractivity contribution < 1.29 is 5.11 Å². The molecule has 1 aliphatic carbocycles. The summed E-state index contributed by atoms with van der Waals surface area (Å²) in [6.45, 7) is 8.43. The zero-order valence-corrected chi connectivity index (χ0v) is 13.1. The van der Waals surface area contributed by atoms with Crippen LogP contribution in [0.3, 0.4) is 0 Å². The molecule has 1 fully saturated rings. The highest BCUT2D eigenvalue weighted by Gasteiger charge is 2.22. The second-order valence-corrected chi connectivity index (χ2v) is 6.66. The second-order valence-electron chi connectivity index (χ2n) is 6.66. The molecule has 0 spiro atoms. The van der Waals surface area contributed by atoms with Crippen LogP contribution in [-0.4, -0.2) is 18.2 Å². The lowest BCUT2D eigenvalue weighted by Gasteiger charge is -2.18. The zero-order valence-electron chi connectivity index (χ0n) is 13.1. The molecule has 3 unspecified atom stereocenters. The second kappa shape index (κ2) is 7.24. The molecule has 2 N–H and O–H groups in total. The highest BCUT2D eigenvalue weighted by molar-refractivity contribution is 5.26. The predicted octanol–water partition coefficient (Wildman–Crippen LogP) is 3.87. The minimum Gasteiger partial charge on any atom is -0.387 e. The Balaban J connectivity index is 1.77. The summed E-state index contributed by atoms with van der Waals surface area (Å²) in [4.78, 5) is 0. The fourth-order valence-electron chi connectivity index (χ4n) is 3.15. The number of aliphatic hydroxyl groups is 1. The molecule has 2 nitrogen and oxygen atoms in total. The van der Waals surface area contributed by atoms with Crippen molar-refractivity contribution >= 4 is 0 Å². The molecule has 2 heteroatoms. The largest absolute Gasteiger partial charge is 0.387 e. The first-order valence-corrected chi connectivity index (χ1v) is 8.06. The summed E-state index contributed by atoms with van der Waals surface area (Å²) in [7, 11) is 0. The van der Waals surface area contributed by atoms with Gasteiger partial charge in [-0.1, -0.05) is 57.9 Å². The van der Waals surface area contributed by atoms with Gasteiger partial charge in [0.15, 0.2) is 0 Å². The van der Waals surface area contributed by atoms with Gasteiger partial charge >= 0.3 is 0 Å². The van der Waals surface area contributed by atoms with Crippen molar-refractivity contribution in [1.29, 1.82) is 0 Å². The first kappa shape index (κ1) is 15.5. The van der Waals surface area contributed by atoms with E-state index in [1.807, 2.05) is 0 Å². The number of aliphatic hydroxyl groups excluding tert-OH is 1. The zero-order chi connectivity index (χ0) is 14.5. The molecule has 112 valence electrons. The molecule has 1 aliphatic rings. The van der Waals surface area contributed by atoms with Gasteiger partial charge in [-0.15, -0.1) is 0 Å². The Hall–Kier alpha value is -0.860. The molecule has 3 atom stereocenters. The highest BCUT2D eigenvalue weighted by Crippen LogP contribution is 2.30. The Kier molecular flexibility index (Phi) is 5.62. The smallest absolute Gasteiger partial charge is 0.0914 e. The summed E-state index contributed by atoms with van der Waals surface area (Å²) in [5, 5.41) is 13.7. The van der Waals surface area contributed by atoms with E-state index in [-0.39, 0.29) is 0 Å². The first-order chi connectivity index (χ1) is 9.58.